The van der Waals surface area contributed by atoms with Crippen molar-refractivity contribution in [3.05, 3.63) is 71.3 Å². The summed E-state index contributed by atoms with van der Waals surface area (Å²) in [6.45, 7) is 11.6. The summed E-state index contributed by atoms with van der Waals surface area (Å²) < 4.78 is 5.40. The van der Waals surface area contributed by atoms with Crippen LogP contribution in [0.2, 0.25) is 0 Å². The van der Waals surface area contributed by atoms with Gasteiger partial charge in [0.2, 0.25) is 11.8 Å². The van der Waals surface area contributed by atoms with Gasteiger partial charge in [-0.15, -0.1) is 0 Å². The van der Waals surface area contributed by atoms with E-state index in [1.54, 1.807) is 27.8 Å². The number of aryl methyl sites for hydroxylation is 1. The predicted molar refractivity (Wildman–Crippen MR) is 142 cm³/mol. The van der Waals surface area contributed by atoms with Crippen LogP contribution in [0.4, 0.5) is 4.79 Å². The number of carbonyl (C=O) groups excluding carboxylic acids is 3. The second kappa shape index (κ2) is 13.1. The minimum Gasteiger partial charge on any atom is -0.444 e. The highest BCUT2D eigenvalue weighted by Gasteiger charge is 2.36. The van der Waals surface area contributed by atoms with E-state index in [9.17, 15) is 14.4 Å². The molecule has 0 saturated heterocycles. The normalized spacial score (nSPS) is 13.8. The van der Waals surface area contributed by atoms with Crippen molar-refractivity contribution in [2.45, 2.75) is 78.6 Å². The summed E-state index contributed by atoms with van der Waals surface area (Å²) >= 11 is 0. The molecular weight excluding hydrogens is 454 g/mol. The Balaban J connectivity index is 2.33. The number of rotatable bonds is 10. The molecule has 2 N–H and O–H groups in total. The van der Waals surface area contributed by atoms with Gasteiger partial charge in [-0.3, -0.25) is 9.59 Å². The fraction of sp³-hybridized carbons (Fsp3) is 0.483. The maximum Gasteiger partial charge on any atom is 0.408 e. The van der Waals surface area contributed by atoms with Gasteiger partial charge in [0, 0.05) is 13.6 Å². The smallest absolute Gasteiger partial charge is 0.408 e. The average Bonchev–Trinajstić information content (AvgIpc) is 2.85. The molecule has 36 heavy (non-hydrogen) atoms. The standard InChI is InChI=1S/C29H41N3O4/c1-8-20(3)24(31-28(35)36-29(4,5)6)27(34)32(7)25(23-17-15-21(9-2)16-18-23)26(33)30-19-22-13-11-10-12-14-22/h10-18,20,24-25H,8-9,19H2,1-7H3,(H,30,33)(H,31,35). The molecule has 3 atom stereocenters. The number of amides is 3. The molecule has 0 heterocycles. The van der Waals surface area contributed by atoms with Crippen LogP contribution in [0.3, 0.4) is 0 Å². The van der Waals surface area contributed by atoms with E-state index < -0.39 is 23.8 Å². The van der Waals surface area contributed by atoms with Gasteiger partial charge in [-0.25, -0.2) is 4.79 Å². The minimum absolute atomic E-state index is 0.164. The fourth-order valence-corrected chi connectivity index (χ4v) is 3.83. The summed E-state index contributed by atoms with van der Waals surface area (Å²) in [5.41, 5.74) is 2.11. The van der Waals surface area contributed by atoms with Crippen molar-refractivity contribution < 1.29 is 19.1 Å². The Hall–Kier alpha value is -3.35. The first-order chi connectivity index (χ1) is 17.0. The van der Waals surface area contributed by atoms with Gasteiger partial charge in [0.1, 0.15) is 17.7 Å². The molecule has 2 rings (SSSR count). The lowest BCUT2D eigenvalue weighted by molar-refractivity contribution is -0.141. The maximum atomic E-state index is 13.7. The summed E-state index contributed by atoms with van der Waals surface area (Å²) in [5.74, 6) is -0.809. The number of benzene rings is 2. The number of likely N-dealkylation sites (N-methyl/N-ethyl adjacent to an activating group) is 1. The molecule has 3 amide bonds. The molecule has 2 aromatic rings. The number of hydrogen-bond acceptors (Lipinski definition) is 4. The lowest BCUT2D eigenvalue weighted by Crippen LogP contribution is -2.54. The maximum absolute atomic E-state index is 13.7. The molecule has 0 fully saturated rings. The molecule has 3 unspecified atom stereocenters. The molecule has 0 saturated carbocycles. The van der Waals surface area contributed by atoms with Crippen molar-refractivity contribution >= 4 is 17.9 Å². The highest BCUT2D eigenvalue weighted by atomic mass is 16.6. The van der Waals surface area contributed by atoms with E-state index in [1.807, 2.05) is 68.4 Å². The zero-order valence-electron chi connectivity index (χ0n) is 22.6. The predicted octanol–water partition coefficient (Wildman–Crippen LogP) is 5.00. The number of carbonyl (C=O) groups is 3. The van der Waals surface area contributed by atoms with Crippen LogP contribution >= 0.6 is 0 Å². The first-order valence-corrected chi connectivity index (χ1v) is 12.6. The number of hydrogen-bond donors (Lipinski definition) is 2. The summed E-state index contributed by atoms with van der Waals surface area (Å²) in [6.07, 6.45) is 0.873. The molecule has 196 valence electrons. The second-order valence-corrected chi connectivity index (χ2v) is 10.2. The highest BCUT2D eigenvalue weighted by Crippen LogP contribution is 2.24. The zero-order chi connectivity index (χ0) is 26.9. The number of nitrogens with zero attached hydrogens (tertiary/aromatic N) is 1. The van der Waals surface area contributed by atoms with Gasteiger partial charge in [-0.1, -0.05) is 81.8 Å². The molecule has 2 aromatic carbocycles. The third kappa shape index (κ3) is 8.40. The van der Waals surface area contributed by atoms with Crippen molar-refractivity contribution in [2.24, 2.45) is 5.92 Å². The Labute approximate surface area is 215 Å². The SMILES string of the molecule is CCc1ccc(C(C(=O)NCc2ccccc2)N(C)C(=O)C(NC(=O)OC(C)(C)C)C(C)CC)cc1. The zero-order valence-corrected chi connectivity index (χ0v) is 22.6. The summed E-state index contributed by atoms with van der Waals surface area (Å²) in [6, 6.07) is 15.6. The Morgan fingerprint density at radius 3 is 2.08 bits per heavy atom. The van der Waals surface area contributed by atoms with E-state index in [0.29, 0.717) is 18.5 Å². The number of alkyl carbamates (subject to hydrolysis) is 1. The van der Waals surface area contributed by atoms with Crippen LogP contribution in [0.15, 0.2) is 54.6 Å². The first-order valence-electron chi connectivity index (χ1n) is 12.6. The van der Waals surface area contributed by atoms with Crippen LogP contribution < -0.4 is 10.6 Å². The monoisotopic (exact) mass is 495 g/mol. The van der Waals surface area contributed by atoms with Crippen molar-refractivity contribution in [2.75, 3.05) is 7.05 Å². The molecule has 0 bridgehead atoms. The Bertz CT molecular complexity index is 999. The quantitative estimate of drug-likeness (QED) is 0.485. The molecule has 0 aromatic heterocycles. The van der Waals surface area contributed by atoms with Crippen LogP contribution in [-0.4, -0.2) is 41.5 Å². The Kier molecular flexibility index (Phi) is 10.5. The van der Waals surface area contributed by atoms with E-state index in [-0.39, 0.29) is 17.7 Å². The van der Waals surface area contributed by atoms with E-state index in [2.05, 4.69) is 17.6 Å². The van der Waals surface area contributed by atoms with Gasteiger partial charge < -0.3 is 20.3 Å². The molecular formula is C29H41N3O4. The van der Waals surface area contributed by atoms with Crippen LogP contribution in [0.5, 0.6) is 0 Å². The molecule has 0 spiro atoms. The van der Waals surface area contributed by atoms with E-state index in [0.717, 1.165) is 17.5 Å². The second-order valence-electron chi connectivity index (χ2n) is 10.2. The topological polar surface area (TPSA) is 87.7 Å². The van der Waals surface area contributed by atoms with Crippen LogP contribution in [0.1, 0.15) is 70.7 Å². The molecule has 7 nitrogen and oxygen atoms in total. The van der Waals surface area contributed by atoms with E-state index >= 15 is 0 Å². The highest BCUT2D eigenvalue weighted by molar-refractivity contribution is 5.92. The van der Waals surface area contributed by atoms with Gasteiger partial charge in [0.25, 0.3) is 0 Å². The van der Waals surface area contributed by atoms with Gasteiger partial charge >= 0.3 is 6.09 Å². The van der Waals surface area contributed by atoms with Crippen molar-refractivity contribution in [3.63, 3.8) is 0 Å². The number of nitrogens with one attached hydrogen (secondary N) is 2. The van der Waals surface area contributed by atoms with Crippen LogP contribution in [0, 0.1) is 5.92 Å². The lowest BCUT2D eigenvalue weighted by Gasteiger charge is -2.33. The molecule has 0 aliphatic heterocycles. The van der Waals surface area contributed by atoms with E-state index in [1.165, 1.54) is 4.90 Å². The summed E-state index contributed by atoms with van der Waals surface area (Å²) in [7, 11) is 1.61. The van der Waals surface area contributed by atoms with Gasteiger partial charge in [0.05, 0.1) is 0 Å². The molecule has 7 heteroatoms. The van der Waals surface area contributed by atoms with Crippen LogP contribution in [0.25, 0.3) is 0 Å². The van der Waals surface area contributed by atoms with Gasteiger partial charge in [0.15, 0.2) is 0 Å². The molecule has 0 radical (unpaired) electrons. The van der Waals surface area contributed by atoms with Gasteiger partial charge in [-0.05, 0) is 49.8 Å². The van der Waals surface area contributed by atoms with E-state index in [4.69, 9.17) is 4.74 Å². The third-order valence-corrected chi connectivity index (χ3v) is 6.15. The summed E-state index contributed by atoms with van der Waals surface area (Å²) in [5, 5.41) is 5.71. The Morgan fingerprint density at radius 1 is 0.944 bits per heavy atom. The first kappa shape index (κ1) is 28.9. The van der Waals surface area contributed by atoms with Crippen molar-refractivity contribution in [1.82, 2.24) is 15.5 Å². The average molecular weight is 496 g/mol. The van der Waals surface area contributed by atoms with Crippen LogP contribution in [-0.2, 0) is 27.3 Å². The fourth-order valence-electron chi connectivity index (χ4n) is 3.83. The summed E-state index contributed by atoms with van der Waals surface area (Å²) in [4.78, 5) is 41.2. The van der Waals surface area contributed by atoms with Crippen molar-refractivity contribution in [1.29, 1.82) is 0 Å². The third-order valence-electron chi connectivity index (χ3n) is 6.15. The minimum atomic E-state index is -0.862. The number of ether oxygens (including phenoxy) is 1. The molecule has 0 aliphatic carbocycles. The van der Waals surface area contributed by atoms with Gasteiger partial charge in [-0.2, -0.15) is 0 Å². The Morgan fingerprint density at radius 2 is 1.56 bits per heavy atom. The van der Waals surface area contributed by atoms with Crippen molar-refractivity contribution in [3.8, 4) is 0 Å². The largest absolute Gasteiger partial charge is 0.444 e. The lowest BCUT2D eigenvalue weighted by atomic mass is 9.96. The molecule has 0 aliphatic rings.